The summed E-state index contributed by atoms with van der Waals surface area (Å²) in [6.45, 7) is -0.984. The van der Waals surface area contributed by atoms with Gasteiger partial charge in [-0.3, -0.25) is 9.59 Å². The van der Waals surface area contributed by atoms with Crippen molar-refractivity contribution in [1.29, 1.82) is 0 Å². The maximum Gasteiger partial charge on any atom is 0.339 e. The Morgan fingerprint density at radius 2 is 1.42 bits per heavy atom. The number of esters is 3. The van der Waals surface area contributed by atoms with Crippen molar-refractivity contribution in [2.45, 2.75) is 30.7 Å². The van der Waals surface area contributed by atoms with Crippen LogP contribution in [0.15, 0.2) is 0 Å². The van der Waals surface area contributed by atoms with Gasteiger partial charge in [-0.05, 0) is 0 Å². The molecule has 0 bridgehead atoms. The number of alkyl halides is 2. The van der Waals surface area contributed by atoms with Gasteiger partial charge in [0.2, 0.25) is 0 Å². The number of aliphatic hydroxyl groups is 3. The molecule has 0 amide bonds. The van der Waals surface area contributed by atoms with Crippen LogP contribution in [-0.4, -0.2) is 83.1 Å². The molecule has 11 heteroatoms. The average molecular weight is 391 g/mol. The summed E-state index contributed by atoms with van der Waals surface area (Å²) in [5, 5.41) is 28.7. The Morgan fingerprint density at radius 3 is 1.88 bits per heavy atom. The van der Waals surface area contributed by atoms with Crippen molar-refractivity contribution in [3.63, 3.8) is 0 Å². The molecule has 24 heavy (non-hydrogen) atoms. The van der Waals surface area contributed by atoms with Crippen LogP contribution in [0.1, 0.15) is 12.8 Å². The first kappa shape index (κ1) is 22.9. The average Bonchev–Trinajstić information content (AvgIpc) is 2.56. The molecular weight excluding hydrogens is 371 g/mol. The highest BCUT2D eigenvalue weighted by Crippen LogP contribution is 2.20. The van der Waals surface area contributed by atoms with Crippen LogP contribution in [0.3, 0.4) is 0 Å². The van der Waals surface area contributed by atoms with Crippen LogP contribution in [0, 0.1) is 0 Å². The smallest absolute Gasteiger partial charge is 0.339 e. The molecular formula is C13H20Cl2O9. The van der Waals surface area contributed by atoms with E-state index in [0.717, 1.165) is 7.11 Å². The van der Waals surface area contributed by atoms with Crippen molar-refractivity contribution >= 4 is 41.1 Å². The number of halogens is 2. The van der Waals surface area contributed by atoms with Gasteiger partial charge >= 0.3 is 17.9 Å². The lowest BCUT2D eigenvalue weighted by Gasteiger charge is -2.24. The van der Waals surface area contributed by atoms with Gasteiger partial charge in [0.1, 0.15) is 25.4 Å². The van der Waals surface area contributed by atoms with Crippen molar-refractivity contribution in [2.24, 2.45) is 0 Å². The number of methoxy groups -OCH3 is 1. The quantitative estimate of drug-likeness (QED) is 0.229. The minimum atomic E-state index is -2.55. The Kier molecular flexibility index (Phi) is 10.9. The standard InChI is InChI=1S/C13H20Cl2O9/c1-22-10(18)2-13(21,12(20)24-7-9(17)5-15)3-11(19)23-6-8(16)4-14/h8-9,16-17,21H,2-7H2,1H3. The van der Waals surface area contributed by atoms with Gasteiger partial charge in [0.25, 0.3) is 0 Å². The molecule has 0 aliphatic carbocycles. The first-order valence-electron chi connectivity index (χ1n) is 6.78. The molecule has 0 heterocycles. The molecule has 0 aromatic rings. The van der Waals surface area contributed by atoms with Gasteiger partial charge in [-0.25, -0.2) is 4.79 Å². The number of carbonyl (C=O) groups excluding carboxylic acids is 3. The number of hydrogen-bond donors (Lipinski definition) is 3. The minimum Gasteiger partial charge on any atom is -0.469 e. The van der Waals surface area contributed by atoms with E-state index in [1.165, 1.54) is 0 Å². The van der Waals surface area contributed by atoms with E-state index in [1.807, 2.05) is 0 Å². The fraction of sp³-hybridized carbons (Fsp3) is 0.769. The molecule has 0 rings (SSSR count). The lowest BCUT2D eigenvalue weighted by atomic mass is 9.95. The Labute approximate surface area is 148 Å². The third-order valence-corrected chi connectivity index (χ3v) is 3.39. The normalized spacial score (nSPS) is 15.8. The molecule has 140 valence electrons. The number of ether oxygens (including phenoxy) is 3. The Morgan fingerprint density at radius 1 is 0.958 bits per heavy atom. The lowest BCUT2D eigenvalue weighted by molar-refractivity contribution is -0.179. The molecule has 3 unspecified atom stereocenters. The van der Waals surface area contributed by atoms with Gasteiger partial charge in [0, 0.05) is 0 Å². The molecule has 0 spiro atoms. The predicted molar refractivity (Wildman–Crippen MR) is 81.6 cm³/mol. The van der Waals surface area contributed by atoms with Gasteiger partial charge in [0.15, 0.2) is 5.60 Å². The third kappa shape index (κ3) is 8.65. The summed E-state index contributed by atoms with van der Waals surface area (Å²) in [6, 6.07) is 0. The van der Waals surface area contributed by atoms with E-state index >= 15 is 0 Å². The Bertz CT molecular complexity index is 432. The van der Waals surface area contributed by atoms with Crippen LogP contribution < -0.4 is 0 Å². The van der Waals surface area contributed by atoms with Crippen LogP contribution in [0.25, 0.3) is 0 Å². The number of carbonyl (C=O) groups is 3. The maximum atomic E-state index is 12.0. The first-order chi connectivity index (χ1) is 11.2. The largest absolute Gasteiger partial charge is 0.469 e. The highest BCUT2D eigenvalue weighted by atomic mass is 35.5. The van der Waals surface area contributed by atoms with Crippen molar-refractivity contribution in [1.82, 2.24) is 0 Å². The van der Waals surface area contributed by atoms with E-state index in [-0.39, 0.29) is 11.8 Å². The monoisotopic (exact) mass is 390 g/mol. The topological polar surface area (TPSA) is 140 Å². The lowest BCUT2D eigenvalue weighted by Crippen LogP contribution is -2.45. The fourth-order valence-electron chi connectivity index (χ4n) is 1.39. The summed E-state index contributed by atoms with van der Waals surface area (Å²) >= 11 is 10.7. The van der Waals surface area contributed by atoms with Crippen LogP contribution in [0.4, 0.5) is 0 Å². The Hall–Kier alpha value is -1.13. The second kappa shape index (κ2) is 11.4. The van der Waals surface area contributed by atoms with Crippen molar-refractivity contribution in [3.05, 3.63) is 0 Å². The van der Waals surface area contributed by atoms with Gasteiger partial charge in [0.05, 0.1) is 31.7 Å². The first-order valence-corrected chi connectivity index (χ1v) is 7.85. The number of hydrogen-bond acceptors (Lipinski definition) is 9. The molecule has 0 saturated heterocycles. The van der Waals surface area contributed by atoms with E-state index in [0.29, 0.717) is 0 Å². The zero-order valence-electron chi connectivity index (χ0n) is 12.9. The molecule has 0 aliphatic rings. The van der Waals surface area contributed by atoms with Gasteiger partial charge in [-0.1, -0.05) is 0 Å². The molecule has 0 radical (unpaired) electrons. The van der Waals surface area contributed by atoms with E-state index < -0.39 is 61.8 Å². The highest BCUT2D eigenvalue weighted by molar-refractivity contribution is 6.18. The van der Waals surface area contributed by atoms with Crippen LogP contribution in [-0.2, 0) is 28.6 Å². The molecule has 0 aromatic carbocycles. The second-order valence-electron chi connectivity index (χ2n) is 4.86. The molecule has 9 nitrogen and oxygen atoms in total. The summed E-state index contributed by atoms with van der Waals surface area (Å²) < 4.78 is 13.6. The maximum absolute atomic E-state index is 12.0. The molecule has 0 aromatic heterocycles. The summed E-state index contributed by atoms with van der Waals surface area (Å²) in [7, 11) is 1.03. The van der Waals surface area contributed by atoms with Crippen LogP contribution in [0.2, 0.25) is 0 Å². The fourth-order valence-corrected chi connectivity index (χ4v) is 1.57. The minimum absolute atomic E-state index is 0.182. The SMILES string of the molecule is COC(=O)CC(O)(CC(=O)OCC(O)CCl)C(=O)OCC(O)CCl. The van der Waals surface area contributed by atoms with Crippen molar-refractivity contribution < 1.29 is 43.9 Å². The number of aliphatic hydroxyl groups excluding tert-OH is 2. The van der Waals surface area contributed by atoms with E-state index in [4.69, 9.17) is 23.2 Å². The Balaban J connectivity index is 4.89. The highest BCUT2D eigenvalue weighted by Gasteiger charge is 2.43. The van der Waals surface area contributed by atoms with Crippen molar-refractivity contribution in [3.8, 4) is 0 Å². The molecule has 0 saturated carbocycles. The van der Waals surface area contributed by atoms with E-state index in [9.17, 15) is 29.7 Å². The van der Waals surface area contributed by atoms with Gasteiger partial charge < -0.3 is 29.5 Å². The van der Waals surface area contributed by atoms with E-state index in [1.54, 1.807) is 0 Å². The van der Waals surface area contributed by atoms with Gasteiger partial charge in [-0.2, -0.15) is 0 Å². The number of rotatable bonds is 11. The molecule has 0 aliphatic heterocycles. The van der Waals surface area contributed by atoms with Crippen LogP contribution >= 0.6 is 23.2 Å². The van der Waals surface area contributed by atoms with E-state index in [2.05, 4.69) is 14.2 Å². The summed E-state index contributed by atoms with van der Waals surface area (Å²) in [5.74, 6) is -3.77. The third-order valence-electron chi connectivity index (χ3n) is 2.68. The second-order valence-corrected chi connectivity index (χ2v) is 5.48. The summed E-state index contributed by atoms with van der Waals surface area (Å²) in [6.07, 6.45) is -4.08. The van der Waals surface area contributed by atoms with Crippen molar-refractivity contribution in [2.75, 3.05) is 32.1 Å². The van der Waals surface area contributed by atoms with Crippen LogP contribution in [0.5, 0.6) is 0 Å². The zero-order chi connectivity index (χ0) is 18.8. The molecule has 3 atom stereocenters. The summed E-state index contributed by atoms with van der Waals surface area (Å²) in [5.41, 5.74) is -2.55. The molecule has 3 N–H and O–H groups in total. The van der Waals surface area contributed by atoms with Gasteiger partial charge in [-0.15, -0.1) is 23.2 Å². The predicted octanol–water partition coefficient (Wildman–Crippen LogP) is -1.04. The summed E-state index contributed by atoms with van der Waals surface area (Å²) in [4.78, 5) is 35.0. The zero-order valence-corrected chi connectivity index (χ0v) is 14.5. The molecule has 0 fully saturated rings.